The van der Waals surface area contributed by atoms with Crippen molar-refractivity contribution < 1.29 is 14.2 Å². The van der Waals surface area contributed by atoms with Gasteiger partial charge in [0, 0.05) is 6.04 Å². The Morgan fingerprint density at radius 2 is 2.06 bits per heavy atom. The topological polar surface area (TPSA) is 39.7 Å². The molecule has 0 bridgehead atoms. The highest BCUT2D eigenvalue weighted by Gasteiger charge is 2.15. The van der Waals surface area contributed by atoms with Crippen LogP contribution >= 0.6 is 0 Å². The van der Waals surface area contributed by atoms with Crippen molar-refractivity contribution in [3.05, 3.63) is 18.2 Å². The molecule has 1 atom stereocenters. The second kappa shape index (κ2) is 6.50. The second-order valence-corrected chi connectivity index (χ2v) is 4.42. The molecule has 1 aliphatic heterocycles. The summed E-state index contributed by atoms with van der Waals surface area (Å²) in [6, 6.07) is 6.28. The summed E-state index contributed by atoms with van der Waals surface area (Å²) < 4.78 is 16.4. The Balaban J connectivity index is 1.91. The van der Waals surface area contributed by atoms with E-state index in [0.29, 0.717) is 24.1 Å². The van der Waals surface area contributed by atoms with E-state index in [4.69, 9.17) is 14.2 Å². The van der Waals surface area contributed by atoms with Gasteiger partial charge in [-0.25, -0.2) is 0 Å². The summed E-state index contributed by atoms with van der Waals surface area (Å²) in [5.74, 6) is 2.11. The van der Waals surface area contributed by atoms with Crippen LogP contribution in [0.3, 0.4) is 0 Å². The predicted octanol–water partition coefficient (Wildman–Crippen LogP) is 2.22. The molecular weight excluding hydrogens is 230 g/mol. The first-order valence-corrected chi connectivity index (χ1v) is 6.42. The van der Waals surface area contributed by atoms with Crippen molar-refractivity contribution in [3.8, 4) is 17.2 Å². The fraction of sp³-hybridized carbons (Fsp3) is 0.571. The zero-order chi connectivity index (χ0) is 12.8. The molecule has 1 saturated heterocycles. The first-order chi connectivity index (χ1) is 8.85. The molecule has 1 aliphatic rings. The van der Waals surface area contributed by atoms with Crippen LogP contribution in [0.2, 0.25) is 0 Å². The average molecular weight is 251 g/mol. The van der Waals surface area contributed by atoms with Crippen molar-refractivity contribution >= 4 is 0 Å². The Labute approximate surface area is 108 Å². The minimum atomic E-state index is 0.599. The van der Waals surface area contributed by atoms with Crippen LogP contribution in [-0.4, -0.2) is 33.4 Å². The van der Waals surface area contributed by atoms with E-state index in [0.717, 1.165) is 18.7 Å². The largest absolute Gasteiger partial charge is 0.493 e. The lowest BCUT2D eigenvalue weighted by Crippen LogP contribution is -2.23. The van der Waals surface area contributed by atoms with Gasteiger partial charge in [0.1, 0.15) is 0 Å². The third-order valence-corrected chi connectivity index (χ3v) is 3.25. The Morgan fingerprint density at radius 1 is 1.22 bits per heavy atom. The number of benzene rings is 1. The first kappa shape index (κ1) is 13.0. The van der Waals surface area contributed by atoms with Gasteiger partial charge in [-0.1, -0.05) is 6.07 Å². The predicted molar refractivity (Wildman–Crippen MR) is 70.7 cm³/mol. The molecular formula is C14H21NO3. The lowest BCUT2D eigenvalue weighted by atomic mass is 10.2. The van der Waals surface area contributed by atoms with Gasteiger partial charge in [0.2, 0.25) is 5.75 Å². The zero-order valence-electron chi connectivity index (χ0n) is 11.1. The smallest absolute Gasteiger partial charge is 0.203 e. The minimum Gasteiger partial charge on any atom is -0.493 e. The normalized spacial score (nSPS) is 18.7. The molecule has 4 nitrogen and oxygen atoms in total. The molecule has 1 aromatic rings. The average Bonchev–Trinajstić information content (AvgIpc) is 2.91. The maximum absolute atomic E-state index is 5.79. The van der Waals surface area contributed by atoms with E-state index in [1.165, 1.54) is 12.8 Å². The highest BCUT2D eigenvalue weighted by atomic mass is 16.5. The summed E-state index contributed by atoms with van der Waals surface area (Å²) in [7, 11) is 3.26. The minimum absolute atomic E-state index is 0.599. The fourth-order valence-electron chi connectivity index (χ4n) is 2.29. The van der Waals surface area contributed by atoms with Crippen molar-refractivity contribution in [1.82, 2.24) is 5.32 Å². The van der Waals surface area contributed by atoms with Crippen molar-refractivity contribution in [2.75, 3.05) is 27.4 Å². The highest BCUT2D eigenvalue weighted by molar-refractivity contribution is 5.50. The lowest BCUT2D eigenvalue weighted by molar-refractivity contribution is 0.268. The number of methoxy groups -OCH3 is 2. The Bertz CT molecular complexity index is 375. The first-order valence-electron chi connectivity index (χ1n) is 6.42. The van der Waals surface area contributed by atoms with Crippen molar-refractivity contribution in [1.29, 1.82) is 0 Å². The van der Waals surface area contributed by atoms with Gasteiger partial charge in [0.25, 0.3) is 0 Å². The maximum Gasteiger partial charge on any atom is 0.203 e. The van der Waals surface area contributed by atoms with E-state index in [9.17, 15) is 0 Å². The number of ether oxygens (including phenoxy) is 3. The summed E-state index contributed by atoms with van der Waals surface area (Å²) in [4.78, 5) is 0. The second-order valence-electron chi connectivity index (χ2n) is 4.42. The zero-order valence-corrected chi connectivity index (χ0v) is 11.1. The van der Waals surface area contributed by atoms with Crippen LogP contribution in [0.15, 0.2) is 18.2 Å². The number of hydrogen-bond donors (Lipinski definition) is 1. The molecule has 1 unspecified atom stereocenters. The number of para-hydroxylation sites is 1. The summed E-state index contributed by atoms with van der Waals surface area (Å²) in [5.41, 5.74) is 0. The van der Waals surface area contributed by atoms with Crippen LogP contribution in [0.1, 0.15) is 19.3 Å². The molecule has 1 N–H and O–H groups in total. The van der Waals surface area contributed by atoms with Crippen molar-refractivity contribution in [3.63, 3.8) is 0 Å². The third-order valence-electron chi connectivity index (χ3n) is 3.25. The molecule has 0 saturated carbocycles. The maximum atomic E-state index is 5.79. The van der Waals surface area contributed by atoms with Gasteiger partial charge in [0.05, 0.1) is 20.8 Å². The molecule has 0 aliphatic carbocycles. The summed E-state index contributed by atoms with van der Waals surface area (Å²) in [5, 5.41) is 3.46. The number of rotatable bonds is 6. The van der Waals surface area contributed by atoms with Crippen LogP contribution in [0.4, 0.5) is 0 Å². The van der Waals surface area contributed by atoms with Gasteiger partial charge in [0.15, 0.2) is 11.5 Å². The molecule has 0 aromatic heterocycles. The molecule has 1 heterocycles. The van der Waals surface area contributed by atoms with Gasteiger partial charge >= 0.3 is 0 Å². The Morgan fingerprint density at radius 3 is 2.72 bits per heavy atom. The van der Waals surface area contributed by atoms with Crippen LogP contribution in [-0.2, 0) is 0 Å². The van der Waals surface area contributed by atoms with Crippen LogP contribution in [0.5, 0.6) is 17.2 Å². The molecule has 4 heteroatoms. The third kappa shape index (κ3) is 3.07. The lowest BCUT2D eigenvalue weighted by Gasteiger charge is -2.15. The highest BCUT2D eigenvalue weighted by Crippen LogP contribution is 2.36. The summed E-state index contributed by atoms with van der Waals surface area (Å²) in [6.45, 7) is 1.83. The van der Waals surface area contributed by atoms with Crippen LogP contribution in [0, 0.1) is 0 Å². The van der Waals surface area contributed by atoms with E-state index in [1.807, 2.05) is 18.2 Å². The molecule has 1 fully saturated rings. The number of nitrogens with one attached hydrogen (secondary N) is 1. The van der Waals surface area contributed by atoms with Gasteiger partial charge in [-0.15, -0.1) is 0 Å². The molecule has 0 amide bonds. The van der Waals surface area contributed by atoms with E-state index >= 15 is 0 Å². The van der Waals surface area contributed by atoms with Crippen molar-refractivity contribution in [2.24, 2.45) is 0 Å². The molecule has 0 spiro atoms. The molecule has 100 valence electrons. The quantitative estimate of drug-likeness (QED) is 0.841. The van der Waals surface area contributed by atoms with E-state index in [1.54, 1.807) is 14.2 Å². The molecule has 1 aromatic carbocycles. The summed E-state index contributed by atoms with van der Waals surface area (Å²) >= 11 is 0. The SMILES string of the molecule is COc1cccc(OCCC2CCCN2)c1OC. The molecule has 0 radical (unpaired) electrons. The van der Waals surface area contributed by atoms with E-state index in [-0.39, 0.29) is 0 Å². The van der Waals surface area contributed by atoms with Gasteiger partial charge < -0.3 is 19.5 Å². The standard InChI is InChI=1S/C14H21NO3/c1-16-12-6-3-7-13(14(12)17-2)18-10-8-11-5-4-9-15-11/h3,6-7,11,15H,4-5,8-10H2,1-2H3. The van der Waals surface area contributed by atoms with E-state index < -0.39 is 0 Å². The number of hydrogen-bond acceptors (Lipinski definition) is 4. The van der Waals surface area contributed by atoms with E-state index in [2.05, 4.69) is 5.32 Å². The van der Waals surface area contributed by atoms with Gasteiger partial charge in [-0.2, -0.15) is 0 Å². The monoisotopic (exact) mass is 251 g/mol. The molecule has 2 rings (SSSR count). The van der Waals surface area contributed by atoms with Crippen LogP contribution in [0.25, 0.3) is 0 Å². The van der Waals surface area contributed by atoms with Crippen LogP contribution < -0.4 is 19.5 Å². The Kier molecular flexibility index (Phi) is 4.70. The summed E-state index contributed by atoms with van der Waals surface area (Å²) in [6.07, 6.45) is 3.55. The molecule has 18 heavy (non-hydrogen) atoms. The Hall–Kier alpha value is -1.42. The fourth-order valence-corrected chi connectivity index (χ4v) is 2.29. The van der Waals surface area contributed by atoms with Gasteiger partial charge in [-0.05, 0) is 37.9 Å². The van der Waals surface area contributed by atoms with Crippen molar-refractivity contribution in [2.45, 2.75) is 25.3 Å². The van der Waals surface area contributed by atoms with Gasteiger partial charge in [-0.3, -0.25) is 0 Å².